The van der Waals surface area contributed by atoms with Crippen molar-refractivity contribution in [2.75, 3.05) is 0 Å². The summed E-state index contributed by atoms with van der Waals surface area (Å²) in [5.74, 6) is 0.421. The van der Waals surface area contributed by atoms with E-state index >= 15 is 0 Å². The van der Waals surface area contributed by atoms with Gasteiger partial charge in [-0.1, -0.05) is 11.6 Å². The van der Waals surface area contributed by atoms with E-state index in [0.29, 0.717) is 41.0 Å². The molecule has 1 aromatic carbocycles. The summed E-state index contributed by atoms with van der Waals surface area (Å²) in [4.78, 5) is 12.9. The van der Waals surface area contributed by atoms with E-state index in [1.165, 1.54) is 0 Å². The maximum atomic E-state index is 12.9. The number of nitrogens with zero attached hydrogens (tertiary/aromatic N) is 2. The second kappa shape index (κ2) is 8.86. The van der Waals surface area contributed by atoms with Gasteiger partial charge in [0.2, 0.25) is 11.8 Å². The Hall–Kier alpha value is -2.41. The van der Waals surface area contributed by atoms with Crippen molar-refractivity contribution in [3.8, 4) is 5.75 Å². The van der Waals surface area contributed by atoms with Gasteiger partial charge < -0.3 is 24.3 Å². The third-order valence-electron chi connectivity index (χ3n) is 7.39. The fourth-order valence-electron chi connectivity index (χ4n) is 5.54. The second-order valence-electron chi connectivity index (χ2n) is 9.78. The Morgan fingerprint density at radius 1 is 1.11 bits per heavy atom. The molecular weight excluding hydrogens is 507 g/mol. The van der Waals surface area contributed by atoms with Gasteiger partial charge in [0.15, 0.2) is 6.10 Å². The molecule has 3 fully saturated rings. The van der Waals surface area contributed by atoms with Crippen molar-refractivity contribution >= 4 is 17.5 Å². The van der Waals surface area contributed by atoms with Crippen molar-refractivity contribution in [2.45, 2.75) is 86.9 Å². The van der Waals surface area contributed by atoms with E-state index in [1.807, 2.05) is 0 Å². The molecule has 3 aliphatic heterocycles. The number of rotatable bonds is 5. The maximum Gasteiger partial charge on any atom is 0.522 e. The zero-order valence-corrected chi connectivity index (χ0v) is 19.5. The van der Waals surface area contributed by atoms with Crippen LogP contribution in [0, 0.1) is 0 Å². The van der Waals surface area contributed by atoms with E-state index in [9.17, 15) is 23.1 Å². The number of ether oxygens (including phenoxy) is 3. The van der Waals surface area contributed by atoms with Crippen molar-refractivity contribution in [3.05, 3.63) is 40.6 Å². The predicted molar refractivity (Wildman–Crippen MR) is 115 cm³/mol. The van der Waals surface area contributed by atoms with Gasteiger partial charge >= 0.3 is 6.36 Å². The number of aliphatic hydroxyl groups excluding tert-OH is 1. The summed E-state index contributed by atoms with van der Waals surface area (Å²) < 4.78 is 58.6. The molecule has 4 heterocycles. The minimum atomic E-state index is -4.65. The number of halogens is 4. The molecule has 0 spiro atoms. The van der Waals surface area contributed by atoms with Crippen LogP contribution in [0.15, 0.2) is 22.6 Å². The van der Waals surface area contributed by atoms with Gasteiger partial charge in [0.25, 0.3) is 5.91 Å². The number of aliphatic hydroxyl groups is 1. The third kappa shape index (κ3) is 4.55. The van der Waals surface area contributed by atoms with E-state index in [4.69, 9.17) is 25.5 Å². The van der Waals surface area contributed by atoms with E-state index < -0.39 is 24.7 Å². The van der Waals surface area contributed by atoms with Gasteiger partial charge in [-0.2, -0.15) is 0 Å². The minimum absolute atomic E-state index is 0.115. The first-order chi connectivity index (χ1) is 17.1. The van der Waals surface area contributed by atoms with E-state index in [-0.39, 0.29) is 55.3 Å². The van der Waals surface area contributed by atoms with E-state index in [2.05, 4.69) is 20.3 Å². The lowest BCUT2D eigenvalue weighted by atomic mass is 9.82. The molecule has 194 valence electrons. The Bertz CT molecular complexity index is 1160. The van der Waals surface area contributed by atoms with Crippen LogP contribution in [0.2, 0.25) is 5.02 Å². The fraction of sp³-hybridized carbons (Fsp3) is 0.609. The van der Waals surface area contributed by atoms with Gasteiger partial charge in [0.05, 0.1) is 36.4 Å². The molecule has 6 rings (SSSR count). The highest BCUT2D eigenvalue weighted by Crippen LogP contribution is 2.46. The van der Waals surface area contributed by atoms with Gasteiger partial charge in [-0.3, -0.25) is 9.53 Å². The SMILES string of the molecule is O=C(N[C@H]1C[C@H]2O[C@@H]1C[C@@H]2c1nnc(C2CC(OC(F)(F)F)C2)o1)[C@@H]1C[C@@H](O)c2cc(Cl)ccc2O1. The molecule has 1 aromatic heterocycles. The summed E-state index contributed by atoms with van der Waals surface area (Å²) in [7, 11) is 0. The van der Waals surface area contributed by atoms with Crippen LogP contribution in [0.5, 0.6) is 5.75 Å². The molecule has 2 aromatic rings. The Labute approximate surface area is 208 Å². The van der Waals surface area contributed by atoms with Gasteiger partial charge in [-0.05, 0) is 43.9 Å². The summed E-state index contributed by atoms with van der Waals surface area (Å²) in [5, 5.41) is 22.0. The molecule has 9 nitrogen and oxygen atoms in total. The molecule has 36 heavy (non-hydrogen) atoms. The Morgan fingerprint density at radius 2 is 1.89 bits per heavy atom. The number of carbonyl (C=O) groups excluding carboxylic acids is 1. The number of benzene rings is 1. The Kier molecular flexibility index (Phi) is 5.90. The van der Waals surface area contributed by atoms with Crippen LogP contribution in [0.1, 0.15) is 67.4 Å². The van der Waals surface area contributed by atoms with Crippen LogP contribution >= 0.6 is 11.6 Å². The first-order valence-electron chi connectivity index (χ1n) is 11.8. The lowest BCUT2D eigenvalue weighted by molar-refractivity contribution is -0.352. The number of amides is 1. The zero-order chi connectivity index (χ0) is 25.2. The first kappa shape index (κ1) is 24.0. The molecule has 0 unspecified atom stereocenters. The molecule has 1 aliphatic carbocycles. The smallest absolute Gasteiger partial charge is 0.480 e. The van der Waals surface area contributed by atoms with Gasteiger partial charge in [0, 0.05) is 22.9 Å². The van der Waals surface area contributed by atoms with Crippen molar-refractivity contribution in [2.24, 2.45) is 0 Å². The van der Waals surface area contributed by atoms with Gasteiger partial charge in [-0.25, -0.2) is 0 Å². The summed E-state index contributed by atoms with van der Waals surface area (Å²) in [6.07, 6.45) is -6.12. The van der Waals surface area contributed by atoms with Crippen LogP contribution in [0.3, 0.4) is 0 Å². The molecule has 2 saturated heterocycles. The highest BCUT2D eigenvalue weighted by atomic mass is 35.5. The van der Waals surface area contributed by atoms with Crippen LogP contribution in [0.25, 0.3) is 0 Å². The zero-order valence-electron chi connectivity index (χ0n) is 18.8. The summed E-state index contributed by atoms with van der Waals surface area (Å²) in [6.45, 7) is 0. The topological polar surface area (TPSA) is 116 Å². The number of carbonyl (C=O) groups is 1. The molecule has 6 atom stereocenters. The number of hydrogen-bond acceptors (Lipinski definition) is 8. The largest absolute Gasteiger partial charge is 0.522 e. The van der Waals surface area contributed by atoms with E-state index in [0.717, 1.165) is 0 Å². The molecular formula is C23H23ClF3N3O6. The summed E-state index contributed by atoms with van der Waals surface area (Å²) in [6, 6.07) is 4.68. The first-order valence-corrected chi connectivity index (χ1v) is 12.2. The fourth-order valence-corrected chi connectivity index (χ4v) is 5.72. The van der Waals surface area contributed by atoms with Crippen LogP contribution in [-0.2, 0) is 14.3 Å². The molecule has 1 saturated carbocycles. The highest BCUT2D eigenvalue weighted by molar-refractivity contribution is 6.30. The Morgan fingerprint density at radius 3 is 2.61 bits per heavy atom. The average molecular weight is 530 g/mol. The molecule has 2 bridgehead atoms. The van der Waals surface area contributed by atoms with Crippen LogP contribution < -0.4 is 10.1 Å². The standard InChI is InChI=1S/C23H23ClF3N3O6/c24-10-1-2-16-12(5-10)15(31)8-19(33-16)20(32)28-14-7-17-13(6-18(14)34-17)22-30-29-21(35-22)9-3-11(4-9)36-23(25,26)27/h1-2,5,9,11,13-15,17-19,31H,3-4,6-8H2,(H,28,32)/t9?,11?,13-,14-,15+,17+,18+,19-/m0/s1. The van der Waals surface area contributed by atoms with E-state index in [1.54, 1.807) is 18.2 Å². The van der Waals surface area contributed by atoms with Crippen LogP contribution in [0.4, 0.5) is 13.2 Å². The predicted octanol–water partition coefficient (Wildman–Crippen LogP) is 3.52. The summed E-state index contributed by atoms with van der Waals surface area (Å²) >= 11 is 5.98. The number of hydrogen-bond donors (Lipinski definition) is 2. The molecule has 2 N–H and O–H groups in total. The second-order valence-corrected chi connectivity index (χ2v) is 10.2. The number of nitrogens with one attached hydrogen (secondary N) is 1. The van der Waals surface area contributed by atoms with Crippen molar-refractivity contribution in [1.82, 2.24) is 15.5 Å². The normalized spacial score (nSPS) is 35.1. The molecule has 13 heteroatoms. The monoisotopic (exact) mass is 529 g/mol. The molecule has 4 aliphatic rings. The van der Waals surface area contributed by atoms with Crippen LogP contribution in [-0.4, -0.2) is 58.0 Å². The van der Waals surface area contributed by atoms with Crippen molar-refractivity contribution < 1.29 is 41.7 Å². The van der Waals surface area contributed by atoms with Gasteiger partial charge in [0.1, 0.15) is 5.75 Å². The molecule has 1 amide bonds. The quantitative estimate of drug-likeness (QED) is 0.604. The molecule has 0 radical (unpaired) electrons. The highest BCUT2D eigenvalue weighted by Gasteiger charge is 2.51. The number of alkyl halides is 3. The lowest BCUT2D eigenvalue weighted by Gasteiger charge is -2.32. The van der Waals surface area contributed by atoms with Crippen molar-refractivity contribution in [3.63, 3.8) is 0 Å². The minimum Gasteiger partial charge on any atom is -0.480 e. The maximum absolute atomic E-state index is 12.9. The van der Waals surface area contributed by atoms with Gasteiger partial charge in [-0.15, -0.1) is 23.4 Å². The van der Waals surface area contributed by atoms with Crippen molar-refractivity contribution in [1.29, 1.82) is 0 Å². The summed E-state index contributed by atoms with van der Waals surface area (Å²) in [5.41, 5.74) is 0.557. The lowest BCUT2D eigenvalue weighted by Crippen LogP contribution is -2.49. The number of aromatic nitrogens is 2. The average Bonchev–Trinajstić information content (AvgIpc) is 3.51. The third-order valence-corrected chi connectivity index (χ3v) is 7.63. The Balaban J connectivity index is 1.02. The number of fused-ring (bicyclic) bond motifs is 3.